The van der Waals surface area contributed by atoms with Gasteiger partial charge in [-0.2, -0.15) is 0 Å². The molecule has 0 aromatic carbocycles. The van der Waals surface area contributed by atoms with E-state index in [1.807, 2.05) is 0 Å². The average molecular weight is 999 g/mol. The fraction of sp³-hybridized carbons (Fsp3) is 1.00. The Hall–Kier alpha value is 2.35. The van der Waals surface area contributed by atoms with Crippen molar-refractivity contribution in [3.63, 3.8) is 0 Å². The third-order valence-corrected chi connectivity index (χ3v) is 49.0. The SMILES string of the molecule is CCC[CH2][Sn]([CH2]CCC)([CH2]CCC)[O]B1OB([O][Sn]([CH2]CCC)([CH2]CCC)[CH2]CCC)OB([O][Sn]([CH2]CCC)([CH2]CCC)[CH2]CCC)O1. The van der Waals surface area contributed by atoms with Crippen LogP contribution in [-0.2, 0) is 22.7 Å². The molecule has 1 aliphatic rings. The normalized spacial score (nSPS) is 14.8. The molecule has 1 heterocycles. The summed E-state index contributed by atoms with van der Waals surface area (Å²) in [6, 6.07) is 0. The first-order valence-corrected chi connectivity index (χ1v) is 42.9. The standard InChI is InChI=1S/9C4H9.B3O6.3Sn/c9*1-3-4-2;4-1-7-2(5)9-3(6)8-1;;;/h9*1,3-4H2,2H3;;;;/q;;;;;;;;;-3;3*+1. The fourth-order valence-corrected chi connectivity index (χ4v) is 46.8. The van der Waals surface area contributed by atoms with Crippen LogP contribution >= 0.6 is 0 Å². The molecule has 0 radical (unpaired) electrons. The van der Waals surface area contributed by atoms with E-state index in [-0.39, 0.29) is 0 Å². The van der Waals surface area contributed by atoms with Crippen molar-refractivity contribution in [3.8, 4) is 0 Å². The van der Waals surface area contributed by atoms with E-state index in [1.54, 1.807) is 0 Å². The molecular formula is C36H81B3O6Sn3. The van der Waals surface area contributed by atoms with Crippen LogP contribution in [0.15, 0.2) is 0 Å². The first kappa shape index (κ1) is 48.4. The summed E-state index contributed by atoms with van der Waals surface area (Å²) in [5, 5.41) is 0. The molecular weight excluding hydrogens is 917 g/mol. The maximum absolute atomic E-state index is 7.33. The zero-order chi connectivity index (χ0) is 35.6. The first-order valence-electron chi connectivity index (χ1n) is 21.3. The fourth-order valence-electron chi connectivity index (χ4n) is 7.29. The van der Waals surface area contributed by atoms with Gasteiger partial charge in [-0.3, -0.25) is 0 Å². The molecule has 0 aromatic rings. The second kappa shape index (κ2) is 29.7. The topological polar surface area (TPSA) is 55.4 Å². The van der Waals surface area contributed by atoms with E-state index in [1.165, 1.54) is 156 Å². The van der Waals surface area contributed by atoms with E-state index in [9.17, 15) is 0 Å². The summed E-state index contributed by atoms with van der Waals surface area (Å²) in [6.07, 6.45) is 22.0. The molecule has 0 atom stereocenters. The number of hydrogen-bond acceptors (Lipinski definition) is 6. The Balaban J connectivity index is 3.59. The summed E-state index contributed by atoms with van der Waals surface area (Å²) >= 11 is -9.26. The summed E-state index contributed by atoms with van der Waals surface area (Å²) in [6.45, 7) is 20.8. The number of hydrogen-bond donors (Lipinski definition) is 0. The Morgan fingerprint density at radius 3 is 0.562 bits per heavy atom. The van der Waals surface area contributed by atoms with Crippen molar-refractivity contribution in [1.29, 1.82) is 0 Å². The zero-order valence-corrected chi connectivity index (χ0v) is 42.3. The average Bonchev–Trinajstić information content (AvgIpc) is 3.09. The second-order valence-electron chi connectivity index (χ2n) is 15.1. The predicted octanol–water partition coefficient (Wildman–Crippen LogP) is 13.1. The third-order valence-electron chi connectivity index (χ3n) is 10.6. The van der Waals surface area contributed by atoms with Crippen molar-refractivity contribution < 1.29 is 22.7 Å². The van der Waals surface area contributed by atoms with Crippen LogP contribution in [0.4, 0.5) is 0 Å². The molecule has 0 unspecified atom stereocenters. The van der Waals surface area contributed by atoms with Crippen LogP contribution in [0, 0.1) is 0 Å². The van der Waals surface area contributed by atoms with E-state index in [0.717, 1.165) is 0 Å². The summed E-state index contributed by atoms with van der Waals surface area (Å²) < 4.78 is 53.4. The van der Waals surface area contributed by atoms with Crippen molar-refractivity contribution in [1.82, 2.24) is 0 Å². The molecule has 0 aromatic heterocycles. The van der Waals surface area contributed by atoms with Gasteiger partial charge in [-0.05, 0) is 0 Å². The molecule has 1 saturated heterocycles. The molecule has 0 saturated carbocycles. The number of unbranched alkanes of at least 4 members (excludes halogenated alkanes) is 9. The van der Waals surface area contributed by atoms with Gasteiger partial charge in [0.25, 0.3) is 0 Å². The summed E-state index contributed by atoms with van der Waals surface area (Å²) in [5.41, 5.74) is 0. The van der Waals surface area contributed by atoms with E-state index in [2.05, 4.69) is 62.3 Å². The van der Waals surface area contributed by atoms with Gasteiger partial charge >= 0.3 is 319 Å². The Labute approximate surface area is 315 Å². The predicted molar refractivity (Wildman–Crippen MR) is 218 cm³/mol. The van der Waals surface area contributed by atoms with Crippen LogP contribution in [0.3, 0.4) is 0 Å². The molecule has 0 bridgehead atoms. The summed E-state index contributed by atoms with van der Waals surface area (Å²) in [4.78, 5) is 0. The number of rotatable bonds is 33. The van der Waals surface area contributed by atoms with Crippen molar-refractivity contribution in [2.24, 2.45) is 0 Å². The monoisotopic (exact) mass is 1000 g/mol. The van der Waals surface area contributed by atoms with Crippen LogP contribution in [0.1, 0.15) is 178 Å². The Kier molecular flexibility index (Phi) is 29.9. The molecule has 0 amide bonds. The van der Waals surface area contributed by atoms with E-state index in [0.29, 0.717) is 0 Å². The van der Waals surface area contributed by atoms with Crippen LogP contribution in [0.2, 0.25) is 39.9 Å². The molecule has 282 valence electrons. The van der Waals surface area contributed by atoms with Crippen molar-refractivity contribution in [2.75, 3.05) is 0 Å². The summed E-state index contributed by atoms with van der Waals surface area (Å²) in [5.74, 6) is 0. The van der Waals surface area contributed by atoms with Crippen molar-refractivity contribution in [2.45, 2.75) is 218 Å². The Bertz CT molecular complexity index is 593. The van der Waals surface area contributed by atoms with E-state index < -0.39 is 78.3 Å². The molecule has 1 rings (SSSR count). The minimum atomic E-state index is -3.09. The van der Waals surface area contributed by atoms with Crippen LogP contribution in [-0.4, -0.2) is 78.3 Å². The minimum absolute atomic E-state index is 0.741. The summed E-state index contributed by atoms with van der Waals surface area (Å²) in [7, 11) is -2.22. The van der Waals surface area contributed by atoms with Crippen molar-refractivity contribution >= 4 is 78.3 Å². The van der Waals surface area contributed by atoms with Gasteiger partial charge in [0.1, 0.15) is 0 Å². The van der Waals surface area contributed by atoms with Gasteiger partial charge < -0.3 is 0 Å². The Morgan fingerprint density at radius 1 is 0.292 bits per heavy atom. The Morgan fingerprint density at radius 2 is 0.438 bits per heavy atom. The van der Waals surface area contributed by atoms with Crippen LogP contribution in [0.5, 0.6) is 0 Å². The van der Waals surface area contributed by atoms with Gasteiger partial charge in [0, 0.05) is 0 Å². The molecule has 0 spiro atoms. The molecule has 12 heteroatoms. The zero-order valence-electron chi connectivity index (χ0n) is 33.8. The van der Waals surface area contributed by atoms with Gasteiger partial charge in [-0.1, -0.05) is 0 Å². The van der Waals surface area contributed by atoms with Crippen LogP contribution in [0.25, 0.3) is 0 Å². The molecule has 0 N–H and O–H groups in total. The van der Waals surface area contributed by atoms with Crippen molar-refractivity contribution in [3.05, 3.63) is 0 Å². The third kappa shape index (κ3) is 19.6. The van der Waals surface area contributed by atoms with E-state index in [4.69, 9.17) is 22.7 Å². The van der Waals surface area contributed by atoms with E-state index >= 15 is 0 Å². The van der Waals surface area contributed by atoms with Gasteiger partial charge in [0.2, 0.25) is 0 Å². The molecule has 0 aliphatic carbocycles. The second-order valence-corrected chi connectivity index (χ2v) is 50.2. The first-order chi connectivity index (χ1) is 23.3. The molecule has 6 nitrogen and oxygen atoms in total. The quantitative estimate of drug-likeness (QED) is 0.0611. The van der Waals surface area contributed by atoms with Gasteiger partial charge in [0.15, 0.2) is 0 Å². The maximum atomic E-state index is 7.33. The van der Waals surface area contributed by atoms with Gasteiger partial charge in [-0.15, -0.1) is 0 Å². The van der Waals surface area contributed by atoms with Crippen LogP contribution < -0.4 is 0 Å². The van der Waals surface area contributed by atoms with Gasteiger partial charge in [0.05, 0.1) is 0 Å². The molecule has 1 aliphatic heterocycles. The molecule has 1 fully saturated rings. The van der Waals surface area contributed by atoms with Gasteiger partial charge in [-0.25, -0.2) is 0 Å². The molecule has 48 heavy (non-hydrogen) atoms.